The second kappa shape index (κ2) is 2.89. The topological polar surface area (TPSA) is 17.1 Å². The van der Waals surface area contributed by atoms with E-state index in [1.165, 1.54) is 22.3 Å². The van der Waals surface area contributed by atoms with Crippen LogP contribution in [0.1, 0.15) is 13.8 Å². The Kier molecular flexibility index (Phi) is 1.76. The molecule has 1 nitrogen and oxygen atoms in total. The Balaban J connectivity index is 2.07. The summed E-state index contributed by atoms with van der Waals surface area (Å²) in [5, 5.41) is 4.53. The normalized spacial score (nSPS) is 45.9. The Morgan fingerprint density at radius 3 is 2.12 bits per heavy atom. The molecule has 1 saturated heterocycles. The van der Waals surface area contributed by atoms with Gasteiger partial charge in [-0.3, -0.25) is 4.21 Å². The molecule has 17 heavy (non-hydrogen) atoms. The van der Waals surface area contributed by atoms with Crippen molar-refractivity contribution in [3.8, 4) is 0 Å². The summed E-state index contributed by atoms with van der Waals surface area (Å²) in [6.07, 6.45) is 4.62. The van der Waals surface area contributed by atoms with Gasteiger partial charge in [0.1, 0.15) is 0 Å². The van der Waals surface area contributed by atoms with E-state index in [2.05, 4.69) is 36.8 Å². The van der Waals surface area contributed by atoms with Gasteiger partial charge in [-0.2, -0.15) is 0 Å². The summed E-state index contributed by atoms with van der Waals surface area (Å²) in [7, 11) is -0.704. The zero-order chi connectivity index (χ0) is 11.8. The smallest absolute Gasteiger partial charge is 0.0460 e. The first-order valence-corrected chi connectivity index (χ1v) is 8.34. The predicted octanol–water partition coefficient (Wildman–Crippen LogP) is 3.16. The van der Waals surface area contributed by atoms with Crippen LogP contribution in [0.2, 0.25) is 0 Å². The van der Waals surface area contributed by atoms with E-state index in [0.29, 0.717) is 0 Å². The van der Waals surface area contributed by atoms with E-state index in [1.54, 1.807) is 11.8 Å². The summed E-state index contributed by atoms with van der Waals surface area (Å²) in [5.74, 6) is 1.53. The van der Waals surface area contributed by atoms with Crippen LogP contribution < -0.4 is 0 Å². The Bertz CT molecular complexity index is 547. The Morgan fingerprint density at radius 1 is 1.06 bits per heavy atom. The largest absolute Gasteiger partial charge is 0.259 e. The van der Waals surface area contributed by atoms with Gasteiger partial charge >= 0.3 is 0 Å². The van der Waals surface area contributed by atoms with Gasteiger partial charge in [-0.05, 0) is 33.1 Å². The third-order valence-corrected chi connectivity index (χ3v) is 7.17. The van der Waals surface area contributed by atoms with E-state index in [0.717, 1.165) is 11.5 Å². The van der Waals surface area contributed by atoms with Crippen molar-refractivity contribution in [3.05, 3.63) is 45.3 Å². The van der Waals surface area contributed by atoms with Gasteiger partial charge in [0.15, 0.2) is 0 Å². The lowest BCUT2D eigenvalue weighted by molar-refractivity contribution is 0.290. The molecule has 0 aromatic carbocycles. The minimum Gasteiger partial charge on any atom is -0.259 e. The molecule has 4 rings (SSSR count). The maximum Gasteiger partial charge on any atom is 0.0460 e. The Labute approximate surface area is 108 Å². The molecule has 0 atom stereocenters. The van der Waals surface area contributed by atoms with Crippen LogP contribution in [0.4, 0.5) is 0 Å². The van der Waals surface area contributed by atoms with Crippen LogP contribution in [0.5, 0.6) is 0 Å². The molecule has 4 aliphatic rings. The van der Waals surface area contributed by atoms with E-state index in [4.69, 9.17) is 0 Å². The van der Waals surface area contributed by atoms with Crippen molar-refractivity contribution < 1.29 is 4.21 Å². The Hall–Kier alpha value is -0.540. The monoisotopic (exact) mass is 262 g/mol. The summed E-state index contributed by atoms with van der Waals surface area (Å²) in [6.45, 7) is 4.70. The number of rotatable bonds is 0. The highest BCUT2D eigenvalue weighted by Crippen LogP contribution is 2.69. The zero-order valence-corrected chi connectivity index (χ0v) is 11.6. The van der Waals surface area contributed by atoms with E-state index < -0.39 is 10.8 Å². The fourth-order valence-corrected chi connectivity index (χ4v) is 6.31. The van der Waals surface area contributed by atoms with Crippen LogP contribution in [-0.4, -0.2) is 15.7 Å². The van der Waals surface area contributed by atoms with E-state index >= 15 is 0 Å². The molecule has 3 heteroatoms. The van der Waals surface area contributed by atoms with Gasteiger partial charge in [-0.15, -0.1) is 11.8 Å². The molecule has 0 N–H and O–H groups in total. The first-order chi connectivity index (χ1) is 8.06. The van der Waals surface area contributed by atoms with Gasteiger partial charge in [0.2, 0.25) is 0 Å². The number of allylic oxidation sites excluding steroid dienone is 4. The predicted molar refractivity (Wildman–Crippen MR) is 74.0 cm³/mol. The first kappa shape index (κ1) is 10.4. The molecule has 0 aromatic heterocycles. The highest BCUT2D eigenvalue weighted by atomic mass is 32.2. The molecule has 88 valence electrons. The van der Waals surface area contributed by atoms with Crippen molar-refractivity contribution in [2.45, 2.75) is 13.8 Å². The lowest BCUT2D eigenvalue weighted by atomic mass is 9.62. The SMILES string of the molecule is CC12C3=CSC=C1C=C1CS(=O)CC(=C3)C12C. The second-order valence-electron chi connectivity index (χ2n) is 5.60. The number of hydrogen-bond donors (Lipinski definition) is 0. The van der Waals surface area contributed by atoms with Gasteiger partial charge < -0.3 is 0 Å². The van der Waals surface area contributed by atoms with E-state index in [1.807, 2.05) is 0 Å². The lowest BCUT2D eigenvalue weighted by Crippen LogP contribution is -2.40. The molecule has 1 fully saturated rings. The highest BCUT2D eigenvalue weighted by Gasteiger charge is 2.61. The molecule has 2 aliphatic carbocycles. The molecule has 0 bridgehead atoms. The molecule has 0 spiro atoms. The molecule has 0 aromatic rings. The maximum absolute atomic E-state index is 11.9. The standard InChI is InChI=1S/C14H14OS2/c1-13-9-3-11-7-17(15)8-12(14(11,13)2)4-10(13)6-16-5-9/h3-6H,7-8H2,1-2H3. The molecular formula is C14H14OS2. The maximum atomic E-state index is 11.9. The van der Waals surface area contributed by atoms with Crippen molar-refractivity contribution in [1.29, 1.82) is 0 Å². The summed E-state index contributed by atoms with van der Waals surface area (Å²) in [6, 6.07) is 0. The summed E-state index contributed by atoms with van der Waals surface area (Å²) < 4.78 is 11.9. The molecule has 0 radical (unpaired) electrons. The van der Waals surface area contributed by atoms with Crippen LogP contribution in [0, 0.1) is 10.8 Å². The van der Waals surface area contributed by atoms with Gasteiger partial charge in [0.25, 0.3) is 0 Å². The summed E-state index contributed by atoms with van der Waals surface area (Å²) in [5.41, 5.74) is 5.83. The lowest BCUT2D eigenvalue weighted by Gasteiger charge is -2.44. The zero-order valence-electron chi connectivity index (χ0n) is 9.95. The van der Waals surface area contributed by atoms with Gasteiger partial charge in [0, 0.05) is 33.1 Å². The second-order valence-corrected chi connectivity index (χ2v) is 7.80. The molecular weight excluding hydrogens is 248 g/mol. The molecule has 2 aliphatic heterocycles. The van der Waals surface area contributed by atoms with Gasteiger partial charge in [0.05, 0.1) is 0 Å². The third kappa shape index (κ3) is 0.944. The van der Waals surface area contributed by atoms with Crippen molar-refractivity contribution in [1.82, 2.24) is 0 Å². The average Bonchev–Trinajstić information content (AvgIpc) is 2.64. The summed E-state index contributed by atoms with van der Waals surface area (Å²) >= 11 is 1.78. The van der Waals surface area contributed by atoms with Crippen molar-refractivity contribution in [2.24, 2.45) is 10.8 Å². The van der Waals surface area contributed by atoms with E-state index in [9.17, 15) is 4.21 Å². The van der Waals surface area contributed by atoms with Crippen LogP contribution in [0.15, 0.2) is 45.3 Å². The number of hydrogen-bond acceptors (Lipinski definition) is 2. The highest BCUT2D eigenvalue weighted by molar-refractivity contribution is 8.05. The van der Waals surface area contributed by atoms with Gasteiger partial charge in [-0.1, -0.05) is 26.0 Å². The minimum absolute atomic E-state index is 0.111. The van der Waals surface area contributed by atoms with Crippen LogP contribution in [0.3, 0.4) is 0 Å². The summed E-state index contributed by atoms with van der Waals surface area (Å²) in [4.78, 5) is 0. The van der Waals surface area contributed by atoms with Crippen LogP contribution in [0.25, 0.3) is 0 Å². The van der Waals surface area contributed by atoms with Crippen LogP contribution >= 0.6 is 11.8 Å². The van der Waals surface area contributed by atoms with Gasteiger partial charge in [-0.25, -0.2) is 0 Å². The quantitative estimate of drug-likeness (QED) is 0.667. The van der Waals surface area contributed by atoms with Crippen molar-refractivity contribution in [2.75, 3.05) is 11.5 Å². The van der Waals surface area contributed by atoms with Crippen LogP contribution in [-0.2, 0) is 10.8 Å². The molecule has 0 amide bonds. The molecule has 0 saturated carbocycles. The fourth-order valence-electron chi connectivity index (χ4n) is 3.80. The van der Waals surface area contributed by atoms with Crippen molar-refractivity contribution >= 4 is 22.6 Å². The first-order valence-electron chi connectivity index (χ1n) is 5.90. The number of thioether (sulfide) groups is 1. The minimum atomic E-state index is -0.704. The molecule has 2 heterocycles. The fraction of sp³-hybridized carbons (Fsp3) is 0.429. The average molecular weight is 262 g/mol. The third-order valence-electron chi connectivity index (χ3n) is 5.12. The molecule has 0 unspecified atom stereocenters. The van der Waals surface area contributed by atoms with E-state index in [-0.39, 0.29) is 10.8 Å². The van der Waals surface area contributed by atoms with Crippen molar-refractivity contribution in [3.63, 3.8) is 0 Å². The Morgan fingerprint density at radius 2 is 1.59 bits per heavy atom.